The van der Waals surface area contributed by atoms with Gasteiger partial charge in [0, 0.05) is 0 Å². The zero-order chi connectivity index (χ0) is 21.4. The average Bonchev–Trinajstić information content (AvgIpc) is 2.67. The molecule has 0 radical (unpaired) electrons. The summed E-state index contributed by atoms with van der Waals surface area (Å²) in [6, 6.07) is 9.44. The molecule has 7 nitrogen and oxygen atoms in total. The number of rotatable bonds is 9. The van der Waals surface area contributed by atoms with E-state index in [1.165, 1.54) is 31.4 Å². The maximum absolute atomic E-state index is 12.0. The molecule has 0 aliphatic heterocycles. The summed E-state index contributed by atoms with van der Waals surface area (Å²) < 4.78 is 10.5. The number of aromatic hydroxyl groups is 2. The van der Waals surface area contributed by atoms with E-state index >= 15 is 0 Å². The number of carbonyl (C=O) groups excluding carboxylic acids is 2. The average molecular weight is 414 g/mol. The zero-order valence-electron chi connectivity index (χ0n) is 17.1. The molecule has 0 fully saturated rings. The number of allylic oxidation sites excluding steroid dienone is 2. The first kappa shape index (κ1) is 24.5. The lowest BCUT2D eigenvalue weighted by Gasteiger charge is -2.11. The van der Waals surface area contributed by atoms with Gasteiger partial charge in [0.2, 0.25) is 0 Å². The lowest BCUT2D eigenvalue weighted by Crippen LogP contribution is -2.05. The van der Waals surface area contributed by atoms with E-state index in [2.05, 4.69) is 0 Å². The van der Waals surface area contributed by atoms with Crippen LogP contribution in [0.4, 0.5) is 0 Å². The number of hydrogen-bond donors (Lipinski definition) is 2. The highest BCUT2D eigenvalue weighted by Gasteiger charge is 2.07. The van der Waals surface area contributed by atoms with Crippen molar-refractivity contribution in [1.29, 1.82) is 0 Å². The number of carbonyl (C=O) groups is 2. The molecule has 0 amide bonds. The Morgan fingerprint density at radius 2 is 1.37 bits per heavy atom. The van der Waals surface area contributed by atoms with Crippen molar-refractivity contribution < 1.29 is 34.8 Å². The number of phenols is 2. The van der Waals surface area contributed by atoms with Crippen molar-refractivity contribution >= 4 is 23.7 Å². The highest BCUT2D eigenvalue weighted by atomic mass is 16.5. The molecule has 4 N–H and O–H groups in total. The van der Waals surface area contributed by atoms with Gasteiger partial charge in [0.1, 0.15) is 0 Å². The van der Waals surface area contributed by atoms with Gasteiger partial charge in [-0.25, -0.2) is 0 Å². The van der Waals surface area contributed by atoms with Crippen LogP contribution in [0.1, 0.15) is 31.4 Å². The minimum atomic E-state index is -0.346. The van der Waals surface area contributed by atoms with Crippen LogP contribution in [0.3, 0.4) is 0 Å². The molecule has 0 spiro atoms. The van der Waals surface area contributed by atoms with Crippen molar-refractivity contribution in [2.75, 3.05) is 7.11 Å². The molecule has 30 heavy (non-hydrogen) atoms. The van der Waals surface area contributed by atoms with Crippen molar-refractivity contribution in [1.82, 2.24) is 0 Å². The van der Waals surface area contributed by atoms with Gasteiger partial charge in [-0.05, 0) is 61.4 Å². The van der Waals surface area contributed by atoms with E-state index in [0.717, 1.165) is 0 Å². The highest BCUT2D eigenvalue weighted by molar-refractivity contribution is 6.10. The summed E-state index contributed by atoms with van der Waals surface area (Å²) in [6.07, 6.45) is 5.39. The molecule has 0 saturated heterocycles. The van der Waals surface area contributed by atoms with Crippen molar-refractivity contribution in [3.8, 4) is 23.0 Å². The number of methoxy groups -OCH3 is 1. The van der Waals surface area contributed by atoms with Crippen LogP contribution < -0.4 is 9.47 Å². The van der Waals surface area contributed by atoms with Crippen LogP contribution in [0.15, 0.2) is 48.6 Å². The smallest absolute Gasteiger partial charge is 0.163 e. The Kier molecular flexibility index (Phi) is 9.32. The quantitative estimate of drug-likeness (QED) is 0.479. The van der Waals surface area contributed by atoms with Crippen LogP contribution in [-0.4, -0.2) is 40.5 Å². The number of hydrogen-bond acceptors (Lipinski definition) is 6. The van der Waals surface area contributed by atoms with Gasteiger partial charge in [0.15, 0.2) is 34.6 Å². The molecule has 2 aromatic carbocycles. The third-order valence-corrected chi connectivity index (χ3v) is 3.82. The van der Waals surface area contributed by atoms with Gasteiger partial charge < -0.3 is 25.2 Å². The number of ketones is 2. The van der Waals surface area contributed by atoms with Crippen molar-refractivity contribution in [2.45, 2.75) is 26.4 Å². The van der Waals surface area contributed by atoms with Crippen LogP contribution in [-0.2, 0) is 9.59 Å². The van der Waals surface area contributed by atoms with Crippen molar-refractivity contribution in [3.05, 3.63) is 59.7 Å². The molecule has 0 heterocycles. The topological polar surface area (TPSA) is 125 Å². The van der Waals surface area contributed by atoms with E-state index in [9.17, 15) is 19.8 Å². The fourth-order valence-corrected chi connectivity index (χ4v) is 2.45. The van der Waals surface area contributed by atoms with E-state index in [1.54, 1.807) is 36.4 Å². The standard InChI is InChI=1S/C23H24O6.H2O/c1-15(2)29-23-13-17(7-11-21(23)27)5-9-19(25)14-18(24)8-4-16-6-10-20(26)22(12-16)28-3;/h4-13,15,26-27H,14H2,1-3H3;1H2/b8-4+,9-5+;. The highest BCUT2D eigenvalue weighted by Crippen LogP contribution is 2.28. The minimum absolute atomic E-state index is 0. The molecular weight excluding hydrogens is 388 g/mol. The third-order valence-electron chi connectivity index (χ3n) is 3.82. The lowest BCUT2D eigenvalue weighted by molar-refractivity contribution is -0.121. The predicted octanol–water partition coefficient (Wildman–Crippen LogP) is 3.32. The second-order valence-electron chi connectivity index (χ2n) is 6.60. The summed E-state index contributed by atoms with van der Waals surface area (Å²) in [5, 5.41) is 19.4. The minimum Gasteiger partial charge on any atom is -0.504 e. The van der Waals surface area contributed by atoms with Crippen LogP contribution >= 0.6 is 0 Å². The van der Waals surface area contributed by atoms with Crippen molar-refractivity contribution in [2.24, 2.45) is 0 Å². The Hall–Kier alpha value is -3.58. The van der Waals surface area contributed by atoms with Gasteiger partial charge >= 0.3 is 0 Å². The second kappa shape index (κ2) is 11.4. The van der Waals surface area contributed by atoms with E-state index in [-0.39, 0.29) is 41.1 Å². The van der Waals surface area contributed by atoms with Crippen LogP contribution in [0.25, 0.3) is 12.2 Å². The Morgan fingerprint density at radius 3 is 1.83 bits per heavy atom. The van der Waals surface area contributed by atoms with E-state index in [1.807, 2.05) is 13.8 Å². The number of benzene rings is 2. The Morgan fingerprint density at radius 1 is 0.900 bits per heavy atom. The first-order valence-electron chi connectivity index (χ1n) is 9.07. The normalized spacial score (nSPS) is 10.9. The molecule has 2 aromatic rings. The van der Waals surface area contributed by atoms with Crippen LogP contribution in [0, 0.1) is 0 Å². The van der Waals surface area contributed by atoms with Gasteiger partial charge in [-0.15, -0.1) is 0 Å². The lowest BCUT2D eigenvalue weighted by atomic mass is 10.1. The summed E-state index contributed by atoms with van der Waals surface area (Å²) in [6.45, 7) is 3.69. The molecule has 7 heteroatoms. The molecule has 0 saturated carbocycles. The predicted molar refractivity (Wildman–Crippen MR) is 115 cm³/mol. The van der Waals surface area contributed by atoms with Gasteiger partial charge in [0.25, 0.3) is 0 Å². The van der Waals surface area contributed by atoms with Crippen LogP contribution in [0.5, 0.6) is 23.0 Å². The summed E-state index contributed by atoms with van der Waals surface area (Å²) in [5.41, 5.74) is 1.34. The maximum atomic E-state index is 12.0. The monoisotopic (exact) mass is 414 g/mol. The second-order valence-corrected chi connectivity index (χ2v) is 6.60. The molecule has 0 bridgehead atoms. The zero-order valence-corrected chi connectivity index (χ0v) is 17.1. The first-order chi connectivity index (χ1) is 13.8. The maximum Gasteiger partial charge on any atom is 0.163 e. The number of ether oxygens (including phenoxy) is 2. The Bertz CT molecular complexity index is 943. The fourth-order valence-electron chi connectivity index (χ4n) is 2.45. The van der Waals surface area contributed by atoms with Gasteiger partial charge in [-0.2, -0.15) is 0 Å². The molecule has 0 aliphatic rings. The molecule has 0 unspecified atom stereocenters. The summed E-state index contributed by atoms with van der Waals surface area (Å²) in [4.78, 5) is 24.0. The fraction of sp³-hybridized carbons (Fsp3) is 0.217. The van der Waals surface area contributed by atoms with E-state index in [4.69, 9.17) is 9.47 Å². The molecular formula is C23H26O7. The largest absolute Gasteiger partial charge is 0.504 e. The summed E-state index contributed by atoms with van der Waals surface area (Å²) in [5.74, 6) is -0.0318. The third kappa shape index (κ3) is 7.44. The summed E-state index contributed by atoms with van der Waals surface area (Å²) >= 11 is 0. The van der Waals surface area contributed by atoms with Crippen LogP contribution in [0.2, 0.25) is 0 Å². The van der Waals surface area contributed by atoms with Gasteiger partial charge in [-0.1, -0.05) is 24.3 Å². The SMILES string of the molecule is COc1cc(/C=C/C(=O)CC(=O)/C=C/c2ccc(O)c(OC(C)C)c2)ccc1O.O. The van der Waals surface area contributed by atoms with Gasteiger partial charge in [-0.3, -0.25) is 9.59 Å². The Balaban J connectivity index is 0.00000450. The molecule has 160 valence electrons. The number of phenolic OH excluding ortho intramolecular Hbond substituents is 2. The van der Waals surface area contributed by atoms with Gasteiger partial charge in [0.05, 0.1) is 19.6 Å². The molecule has 0 aliphatic carbocycles. The molecule has 0 aromatic heterocycles. The molecule has 2 rings (SSSR count). The molecule has 0 atom stereocenters. The van der Waals surface area contributed by atoms with E-state index < -0.39 is 0 Å². The first-order valence-corrected chi connectivity index (χ1v) is 9.07. The van der Waals surface area contributed by atoms with Crippen molar-refractivity contribution in [3.63, 3.8) is 0 Å². The Labute approximate surface area is 175 Å². The summed E-state index contributed by atoms with van der Waals surface area (Å²) in [7, 11) is 1.44. The van der Waals surface area contributed by atoms with E-state index in [0.29, 0.717) is 22.6 Å².